The molecule has 0 radical (unpaired) electrons. The Kier molecular flexibility index (Phi) is 36.1. The van der Waals surface area contributed by atoms with Gasteiger partial charge in [-0.2, -0.15) is 0 Å². The number of aliphatic hydroxyl groups is 2. The normalized spacial score (nSPS) is 15.2. The molecule has 300 valence electrons. The van der Waals surface area contributed by atoms with Crippen molar-refractivity contribution in [3.8, 4) is 0 Å². The van der Waals surface area contributed by atoms with Crippen molar-refractivity contribution in [1.29, 1.82) is 0 Å². The molecular weight excluding hydrogens is 663 g/mol. The Bertz CT molecular complexity index is 914. The van der Waals surface area contributed by atoms with Crippen LogP contribution in [0.3, 0.4) is 0 Å². The van der Waals surface area contributed by atoms with Crippen LogP contribution in [0, 0.1) is 0 Å². The smallest absolute Gasteiger partial charge is 0.393 e. The molecule has 0 aliphatic heterocycles. The topological polar surface area (TPSA) is 151 Å². The van der Waals surface area contributed by atoms with Gasteiger partial charge in [0.15, 0.2) is 0 Å². The van der Waals surface area contributed by atoms with Crippen LogP contribution >= 0.6 is 7.82 Å². The van der Waals surface area contributed by atoms with Crippen molar-refractivity contribution in [1.82, 2.24) is 5.32 Å². The third-order valence-corrected chi connectivity index (χ3v) is 10.00. The number of rotatable bonds is 38. The summed E-state index contributed by atoms with van der Waals surface area (Å²) in [4.78, 5) is 22.6. The molecule has 0 aliphatic carbocycles. The van der Waals surface area contributed by atoms with Crippen LogP contribution in [-0.2, 0) is 18.4 Å². The zero-order chi connectivity index (χ0) is 37.7. The van der Waals surface area contributed by atoms with Gasteiger partial charge in [0.25, 0.3) is 0 Å². The lowest BCUT2D eigenvalue weighted by molar-refractivity contribution is -0.124. The number of amides is 1. The van der Waals surface area contributed by atoms with Crippen LogP contribution in [-0.4, -0.2) is 59.0 Å². The number of carbonyl (C=O) groups excluding carboxylic acids is 1. The molecule has 0 rings (SSSR count). The second-order valence-electron chi connectivity index (χ2n) is 14.0. The van der Waals surface area contributed by atoms with Crippen LogP contribution in [0.4, 0.5) is 0 Å². The van der Waals surface area contributed by atoms with Crippen molar-refractivity contribution in [2.75, 3.05) is 19.8 Å². The highest BCUT2D eigenvalue weighted by Gasteiger charge is 2.27. The molecule has 0 aliphatic rings. The highest BCUT2D eigenvalue weighted by atomic mass is 31.2. The maximum atomic E-state index is 12.7. The van der Waals surface area contributed by atoms with Gasteiger partial charge in [0.2, 0.25) is 5.91 Å². The number of phosphoric ester groups is 1. The molecule has 0 bridgehead atoms. The van der Waals surface area contributed by atoms with E-state index < -0.39 is 38.6 Å². The maximum absolute atomic E-state index is 12.7. The molecule has 4 unspecified atom stereocenters. The number of nitrogens with two attached hydrogens (primary N) is 1. The Labute approximate surface area is 312 Å². The second-order valence-corrected chi connectivity index (χ2v) is 15.5. The van der Waals surface area contributed by atoms with E-state index in [0.717, 1.165) is 64.2 Å². The zero-order valence-corrected chi connectivity index (χ0v) is 33.6. The number of phosphoric acid groups is 1. The van der Waals surface area contributed by atoms with Crippen molar-refractivity contribution in [2.24, 2.45) is 5.73 Å². The average Bonchev–Trinajstić information content (AvgIpc) is 3.10. The summed E-state index contributed by atoms with van der Waals surface area (Å²) in [6, 6.07) is -0.984. The fourth-order valence-corrected chi connectivity index (χ4v) is 6.61. The van der Waals surface area contributed by atoms with E-state index in [-0.39, 0.29) is 19.6 Å². The first-order valence-electron chi connectivity index (χ1n) is 20.7. The van der Waals surface area contributed by atoms with E-state index in [0.29, 0.717) is 6.42 Å². The molecule has 0 saturated heterocycles. The minimum Gasteiger partial charge on any atom is -0.393 e. The van der Waals surface area contributed by atoms with Gasteiger partial charge in [0.05, 0.1) is 37.9 Å². The quantitative estimate of drug-likeness (QED) is 0.0238. The molecule has 9 nitrogen and oxygen atoms in total. The molecule has 0 aromatic carbocycles. The van der Waals surface area contributed by atoms with Crippen LogP contribution in [0.25, 0.3) is 0 Å². The summed E-state index contributed by atoms with van der Waals surface area (Å²) >= 11 is 0. The summed E-state index contributed by atoms with van der Waals surface area (Å²) in [6.07, 6.45) is 39.6. The Morgan fingerprint density at radius 3 is 1.67 bits per heavy atom. The molecule has 4 atom stereocenters. The molecule has 10 heteroatoms. The minimum atomic E-state index is -4.39. The van der Waals surface area contributed by atoms with E-state index >= 15 is 0 Å². The molecule has 0 spiro atoms. The molecular formula is C41H79N2O7P. The van der Waals surface area contributed by atoms with Gasteiger partial charge in [0.1, 0.15) is 0 Å². The van der Waals surface area contributed by atoms with Crippen LogP contribution in [0.5, 0.6) is 0 Å². The van der Waals surface area contributed by atoms with Gasteiger partial charge in [0, 0.05) is 6.54 Å². The number of carbonyl (C=O) groups is 1. The molecule has 0 aromatic heterocycles. The Hall–Kier alpha value is -1.32. The first-order valence-corrected chi connectivity index (χ1v) is 22.2. The number of nitrogens with one attached hydrogen (secondary N) is 1. The molecule has 0 aromatic rings. The number of allylic oxidation sites excluding steroid dienone is 5. The van der Waals surface area contributed by atoms with E-state index in [9.17, 15) is 24.5 Å². The zero-order valence-electron chi connectivity index (χ0n) is 32.7. The van der Waals surface area contributed by atoms with Gasteiger partial charge in [-0.1, -0.05) is 159 Å². The monoisotopic (exact) mass is 743 g/mol. The van der Waals surface area contributed by atoms with Gasteiger partial charge in [-0.3, -0.25) is 13.8 Å². The third-order valence-electron chi connectivity index (χ3n) is 9.01. The minimum absolute atomic E-state index is 0.0463. The van der Waals surface area contributed by atoms with E-state index in [1.54, 1.807) is 6.08 Å². The number of hydrogen-bond donors (Lipinski definition) is 5. The fourth-order valence-electron chi connectivity index (χ4n) is 5.85. The lowest BCUT2D eigenvalue weighted by Gasteiger charge is -2.24. The summed E-state index contributed by atoms with van der Waals surface area (Å²) in [5.74, 6) is -0.458. The van der Waals surface area contributed by atoms with E-state index in [1.165, 1.54) is 89.9 Å². The van der Waals surface area contributed by atoms with Crippen molar-refractivity contribution in [2.45, 2.75) is 199 Å². The van der Waals surface area contributed by atoms with Crippen LogP contribution < -0.4 is 11.1 Å². The third kappa shape index (κ3) is 35.5. The van der Waals surface area contributed by atoms with E-state index in [1.807, 2.05) is 6.08 Å². The lowest BCUT2D eigenvalue weighted by atomic mass is 10.0. The molecule has 6 N–H and O–H groups in total. The highest BCUT2D eigenvalue weighted by molar-refractivity contribution is 7.47. The Morgan fingerprint density at radius 1 is 0.686 bits per heavy atom. The highest BCUT2D eigenvalue weighted by Crippen LogP contribution is 2.43. The van der Waals surface area contributed by atoms with Crippen LogP contribution in [0.1, 0.15) is 181 Å². The van der Waals surface area contributed by atoms with Gasteiger partial charge in [-0.15, -0.1) is 0 Å². The van der Waals surface area contributed by atoms with Crippen molar-refractivity contribution >= 4 is 13.7 Å². The predicted molar refractivity (Wildman–Crippen MR) is 214 cm³/mol. The summed E-state index contributed by atoms with van der Waals surface area (Å²) in [6.45, 7) is 3.90. The first kappa shape index (κ1) is 49.7. The van der Waals surface area contributed by atoms with Crippen molar-refractivity contribution < 1.29 is 33.5 Å². The Morgan fingerprint density at radius 2 is 1.16 bits per heavy atom. The van der Waals surface area contributed by atoms with Gasteiger partial charge in [-0.25, -0.2) is 4.57 Å². The predicted octanol–water partition coefficient (Wildman–Crippen LogP) is 10.1. The average molecular weight is 743 g/mol. The standard InChI is InChI=1S/C41H79N2O7P/c1-3-5-7-9-11-13-14-15-16-17-18-19-20-21-22-23-24-25-26-28-30-32-38(44)36-41(46)43-39(37-50-51(47,48)49-35-34-42)40(45)33-31-29-27-12-10-8-6-4-2/h18-19,21-22,31,33,38-40,44-45H,3-17,20,23-30,32,34-37,42H2,1-2H3,(H,43,46)(H,47,48)/b19-18-,22-21-,33-31+. The number of hydrogen-bond acceptors (Lipinski definition) is 7. The maximum Gasteiger partial charge on any atom is 0.472 e. The first-order chi connectivity index (χ1) is 24.8. The summed E-state index contributed by atoms with van der Waals surface area (Å²) in [5.41, 5.74) is 5.34. The van der Waals surface area contributed by atoms with Crippen molar-refractivity contribution in [3.05, 3.63) is 36.5 Å². The largest absolute Gasteiger partial charge is 0.472 e. The van der Waals surface area contributed by atoms with Crippen LogP contribution in [0.2, 0.25) is 0 Å². The van der Waals surface area contributed by atoms with Gasteiger partial charge < -0.3 is 26.2 Å². The molecule has 0 saturated carbocycles. The fraction of sp³-hybridized carbons (Fsp3) is 0.829. The van der Waals surface area contributed by atoms with Crippen LogP contribution in [0.15, 0.2) is 36.5 Å². The molecule has 0 heterocycles. The van der Waals surface area contributed by atoms with E-state index in [4.69, 9.17) is 14.8 Å². The van der Waals surface area contributed by atoms with Crippen molar-refractivity contribution in [3.63, 3.8) is 0 Å². The van der Waals surface area contributed by atoms with Gasteiger partial charge in [-0.05, 0) is 51.4 Å². The molecule has 1 amide bonds. The summed E-state index contributed by atoms with van der Waals surface area (Å²) in [5, 5.41) is 23.9. The molecule has 0 fully saturated rings. The number of unbranched alkanes of at least 4 members (excludes halogenated alkanes) is 20. The Balaban J connectivity index is 4.20. The molecule has 51 heavy (non-hydrogen) atoms. The summed E-state index contributed by atoms with van der Waals surface area (Å²) in [7, 11) is -4.39. The second kappa shape index (κ2) is 37.0. The number of aliphatic hydroxyl groups excluding tert-OH is 2. The SMILES string of the molecule is CCCCCCCC/C=C/C(O)C(COP(=O)(O)OCCN)NC(=O)CC(O)CCCCCCC/C=C\C/C=C\CCCCCCCCCCC. The van der Waals surface area contributed by atoms with E-state index in [2.05, 4.69) is 43.5 Å². The lowest BCUT2D eigenvalue weighted by Crippen LogP contribution is -2.46. The van der Waals surface area contributed by atoms with Gasteiger partial charge >= 0.3 is 7.82 Å². The summed E-state index contributed by atoms with van der Waals surface area (Å²) < 4.78 is 21.9.